The number of para-hydroxylation sites is 1. The van der Waals surface area contributed by atoms with Crippen LogP contribution in [0.4, 0.5) is 19.7 Å². The zero-order valence-electron chi connectivity index (χ0n) is 14.0. The molecular formula is C17H19FN4O4. The van der Waals surface area contributed by atoms with Crippen LogP contribution in [0.2, 0.25) is 0 Å². The fourth-order valence-corrected chi connectivity index (χ4v) is 3.34. The normalized spacial score (nSPS) is 18.6. The molecule has 0 bridgehead atoms. The Balaban J connectivity index is 1.58. The van der Waals surface area contributed by atoms with Gasteiger partial charge in [-0.25, -0.2) is 14.0 Å². The number of urea groups is 2. The van der Waals surface area contributed by atoms with Gasteiger partial charge in [-0.1, -0.05) is 31.4 Å². The number of carbonyl (C=O) groups excluding carboxylic acids is 4. The summed E-state index contributed by atoms with van der Waals surface area (Å²) in [7, 11) is 0. The SMILES string of the molecule is O=C(CN1C(=O)NC2(CCCCC2)C1=O)NC(=O)Nc1ccccc1F. The van der Waals surface area contributed by atoms with E-state index in [9.17, 15) is 23.6 Å². The lowest BCUT2D eigenvalue weighted by atomic mass is 9.82. The maximum absolute atomic E-state index is 13.5. The molecule has 138 valence electrons. The summed E-state index contributed by atoms with van der Waals surface area (Å²) in [5, 5.41) is 6.86. The molecule has 6 amide bonds. The molecule has 1 heterocycles. The Morgan fingerprint density at radius 1 is 1.15 bits per heavy atom. The summed E-state index contributed by atoms with van der Waals surface area (Å²) in [6.07, 6.45) is 3.75. The molecule has 3 rings (SSSR count). The van der Waals surface area contributed by atoms with E-state index >= 15 is 0 Å². The van der Waals surface area contributed by atoms with Crippen molar-refractivity contribution >= 4 is 29.6 Å². The summed E-state index contributed by atoms with van der Waals surface area (Å²) in [6, 6.07) is 3.90. The third kappa shape index (κ3) is 3.51. The number of rotatable bonds is 3. The fraction of sp³-hybridized carbons (Fsp3) is 0.412. The van der Waals surface area contributed by atoms with Gasteiger partial charge in [0.25, 0.3) is 5.91 Å². The highest BCUT2D eigenvalue weighted by Crippen LogP contribution is 2.33. The van der Waals surface area contributed by atoms with Crippen LogP contribution in [0.5, 0.6) is 0 Å². The van der Waals surface area contributed by atoms with Crippen molar-refractivity contribution in [1.29, 1.82) is 0 Å². The summed E-state index contributed by atoms with van der Waals surface area (Å²) in [5.74, 6) is -1.93. The van der Waals surface area contributed by atoms with Crippen molar-refractivity contribution in [1.82, 2.24) is 15.5 Å². The molecule has 26 heavy (non-hydrogen) atoms. The topological polar surface area (TPSA) is 108 Å². The van der Waals surface area contributed by atoms with E-state index in [1.807, 2.05) is 5.32 Å². The Kier molecular flexibility index (Phi) is 4.88. The number of nitrogens with zero attached hydrogens (tertiary/aromatic N) is 1. The van der Waals surface area contributed by atoms with Crippen LogP contribution >= 0.6 is 0 Å². The molecule has 0 atom stereocenters. The average Bonchev–Trinajstić information content (AvgIpc) is 2.81. The van der Waals surface area contributed by atoms with Crippen LogP contribution in [-0.2, 0) is 9.59 Å². The average molecular weight is 362 g/mol. The van der Waals surface area contributed by atoms with Gasteiger partial charge in [-0.05, 0) is 25.0 Å². The predicted octanol–water partition coefficient (Wildman–Crippen LogP) is 1.73. The van der Waals surface area contributed by atoms with E-state index < -0.39 is 41.8 Å². The zero-order valence-corrected chi connectivity index (χ0v) is 14.0. The van der Waals surface area contributed by atoms with E-state index in [2.05, 4.69) is 10.6 Å². The Morgan fingerprint density at radius 2 is 1.85 bits per heavy atom. The molecule has 1 aliphatic carbocycles. The number of imide groups is 2. The minimum Gasteiger partial charge on any atom is -0.323 e. The molecular weight excluding hydrogens is 343 g/mol. The fourth-order valence-electron chi connectivity index (χ4n) is 3.34. The van der Waals surface area contributed by atoms with Crippen molar-refractivity contribution in [3.63, 3.8) is 0 Å². The lowest BCUT2D eigenvalue weighted by Crippen LogP contribution is -2.49. The number of hydrogen-bond acceptors (Lipinski definition) is 4. The minimum atomic E-state index is -0.945. The Bertz CT molecular complexity index is 761. The number of hydrogen-bond donors (Lipinski definition) is 3. The largest absolute Gasteiger partial charge is 0.326 e. The number of halogens is 1. The Labute approximate surface area is 149 Å². The second kappa shape index (κ2) is 7.11. The van der Waals surface area contributed by atoms with Crippen LogP contribution in [0.25, 0.3) is 0 Å². The smallest absolute Gasteiger partial charge is 0.323 e. The first-order valence-electron chi connectivity index (χ1n) is 8.41. The van der Waals surface area contributed by atoms with Gasteiger partial charge in [0.15, 0.2) is 0 Å². The zero-order chi connectivity index (χ0) is 18.7. The summed E-state index contributed by atoms with van der Waals surface area (Å²) in [4.78, 5) is 49.3. The van der Waals surface area contributed by atoms with Crippen LogP contribution in [0, 0.1) is 5.82 Å². The van der Waals surface area contributed by atoms with Gasteiger partial charge in [0.2, 0.25) is 5.91 Å². The summed E-state index contributed by atoms with van der Waals surface area (Å²) in [6.45, 7) is -0.572. The molecule has 2 fully saturated rings. The molecule has 2 aliphatic rings. The van der Waals surface area contributed by atoms with Crippen molar-refractivity contribution in [3.05, 3.63) is 30.1 Å². The second-order valence-electron chi connectivity index (χ2n) is 6.45. The molecule has 1 aliphatic heterocycles. The number of amides is 6. The molecule has 0 aromatic heterocycles. The number of carbonyl (C=O) groups is 4. The second-order valence-corrected chi connectivity index (χ2v) is 6.45. The molecule has 0 radical (unpaired) electrons. The number of anilines is 1. The highest BCUT2D eigenvalue weighted by Gasteiger charge is 2.51. The van der Waals surface area contributed by atoms with Crippen molar-refractivity contribution in [2.24, 2.45) is 0 Å². The van der Waals surface area contributed by atoms with E-state index in [1.165, 1.54) is 18.2 Å². The molecule has 8 nitrogen and oxygen atoms in total. The van der Waals surface area contributed by atoms with Crippen LogP contribution in [0.15, 0.2) is 24.3 Å². The first-order valence-corrected chi connectivity index (χ1v) is 8.41. The van der Waals surface area contributed by atoms with E-state index in [1.54, 1.807) is 0 Å². The Hall–Kier alpha value is -2.97. The lowest BCUT2D eigenvalue weighted by Gasteiger charge is -2.30. The van der Waals surface area contributed by atoms with Crippen molar-refractivity contribution in [3.8, 4) is 0 Å². The third-order valence-corrected chi connectivity index (χ3v) is 4.63. The van der Waals surface area contributed by atoms with Crippen molar-refractivity contribution in [2.45, 2.75) is 37.6 Å². The summed E-state index contributed by atoms with van der Waals surface area (Å²) in [5.41, 5.74) is -1.01. The molecule has 1 saturated carbocycles. The first-order chi connectivity index (χ1) is 12.4. The molecule has 1 aromatic rings. The highest BCUT2D eigenvalue weighted by molar-refractivity contribution is 6.10. The monoisotopic (exact) mass is 362 g/mol. The van der Waals surface area contributed by atoms with Gasteiger partial charge in [0, 0.05) is 0 Å². The van der Waals surface area contributed by atoms with Gasteiger partial charge in [-0.3, -0.25) is 19.8 Å². The van der Waals surface area contributed by atoms with Gasteiger partial charge >= 0.3 is 12.1 Å². The number of benzene rings is 1. The standard InChI is InChI=1S/C17H19FN4O4/c18-11-6-2-3-7-12(11)19-15(25)20-13(23)10-22-14(24)17(21-16(22)26)8-4-1-5-9-17/h2-3,6-7H,1,4-5,8-10H2,(H,21,26)(H2,19,20,23,25). The van der Waals surface area contributed by atoms with E-state index in [0.717, 1.165) is 30.2 Å². The van der Waals surface area contributed by atoms with Gasteiger partial charge in [-0.2, -0.15) is 0 Å². The quantitative estimate of drug-likeness (QED) is 0.712. The molecule has 1 aromatic carbocycles. The highest BCUT2D eigenvalue weighted by atomic mass is 19.1. The van der Waals surface area contributed by atoms with Crippen molar-refractivity contribution in [2.75, 3.05) is 11.9 Å². The molecule has 9 heteroatoms. The lowest BCUT2D eigenvalue weighted by molar-refractivity contribution is -0.135. The molecule has 0 unspecified atom stereocenters. The molecule has 1 saturated heterocycles. The van der Waals surface area contributed by atoms with E-state index in [4.69, 9.17) is 0 Å². The molecule has 3 N–H and O–H groups in total. The van der Waals surface area contributed by atoms with Gasteiger partial charge < -0.3 is 10.6 Å². The van der Waals surface area contributed by atoms with Crippen molar-refractivity contribution < 1.29 is 23.6 Å². The molecule has 1 spiro atoms. The number of nitrogens with one attached hydrogen (secondary N) is 3. The van der Waals surface area contributed by atoms with Crippen LogP contribution in [-0.4, -0.2) is 40.9 Å². The minimum absolute atomic E-state index is 0.0889. The summed E-state index contributed by atoms with van der Waals surface area (Å²) < 4.78 is 13.5. The maximum atomic E-state index is 13.5. The van der Waals surface area contributed by atoms with Crippen LogP contribution < -0.4 is 16.0 Å². The van der Waals surface area contributed by atoms with E-state index in [0.29, 0.717) is 12.8 Å². The first kappa shape index (κ1) is 17.8. The summed E-state index contributed by atoms with van der Waals surface area (Å²) >= 11 is 0. The third-order valence-electron chi connectivity index (χ3n) is 4.63. The van der Waals surface area contributed by atoms with Gasteiger partial charge in [-0.15, -0.1) is 0 Å². The Morgan fingerprint density at radius 3 is 2.54 bits per heavy atom. The maximum Gasteiger partial charge on any atom is 0.326 e. The van der Waals surface area contributed by atoms with E-state index in [-0.39, 0.29) is 5.69 Å². The van der Waals surface area contributed by atoms with Gasteiger partial charge in [0.1, 0.15) is 17.9 Å². The van der Waals surface area contributed by atoms with Crippen LogP contribution in [0.1, 0.15) is 32.1 Å². The van der Waals surface area contributed by atoms with Crippen LogP contribution in [0.3, 0.4) is 0 Å². The van der Waals surface area contributed by atoms with Gasteiger partial charge in [0.05, 0.1) is 5.69 Å². The predicted molar refractivity (Wildman–Crippen MR) is 89.6 cm³/mol.